The molecule has 35 heavy (non-hydrogen) atoms. The standard InChI is InChI=1S/C26H24F2N4O3/c27-19-3-4-25(28)24(7-19)26-2-1-5-31(26)20-8-21(14-33-13-20)32-12-18(10-30-32)17-6-22(11-29-9-17)35-23-15-34-16-23/h3-4,6-13,23,26H,1-2,5,14-16H2/t26-/m1/s1. The number of likely N-dealkylation sites (tertiary alicyclic amines) is 1. The van der Waals surface area contributed by atoms with Crippen molar-refractivity contribution < 1.29 is 23.0 Å². The number of hydrogen-bond donors (Lipinski definition) is 0. The van der Waals surface area contributed by atoms with Gasteiger partial charge < -0.3 is 19.1 Å². The molecule has 2 aromatic heterocycles. The molecule has 9 heteroatoms. The lowest BCUT2D eigenvalue weighted by molar-refractivity contribution is -0.0797. The van der Waals surface area contributed by atoms with Crippen LogP contribution in [0.5, 0.6) is 5.75 Å². The Balaban J connectivity index is 1.23. The quantitative estimate of drug-likeness (QED) is 0.518. The van der Waals surface area contributed by atoms with E-state index in [1.807, 2.05) is 18.3 Å². The van der Waals surface area contributed by atoms with Crippen LogP contribution in [0.1, 0.15) is 24.4 Å². The monoisotopic (exact) mass is 478 g/mol. The first kappa shape index (κ1) is 21.8. The Morgan fingerprint density at radius 3 is 2.83 bits per heavy atom. The predicted molar refractivity (Wildman–Crippen MR) is 124 cm³/mol. The molecule has 3 aliphatic heterocycles. The van der Waals surface area contributed by atoms with Crippen LogP contribution in [0.3, 0.4) is 0 Å². The number of pyridine rings is 1. The third-order valence-corrected chi connectivity index (χ3v) is 6.48. The van der Waals surface area contributed by atoms with Gasteiger partial charge in [0.15, 0.2) is 0 Å². The zero-order valence-electron chi connectivity index (χ0n) is 18.9. The third-order valence-electron chi connectivity index (χ3n) is 6.48. The Kier molecular flexibility index (Phi) is 5.69. The molecule has 6 rings (SSSR count). The van der Waals surface area contributed by atoms with E-state index in [0.717, 1.165) is 48.0 Å². The average molecular weight is 478 g/mol. The first-order chi connectivity index (χ1) is 17.1. The van der Waals surface area contributed by atoms with Crippen molar-refractivity contribution in [2.24, 2.45) is 0 Å². The highest BCUT2D eigenvalue weighted by Gasteiger charge is 2.31. The summed E-state index contributed by atoms with van der Waals surface area (Å²) in [6.07, 6.45) is 12.5. The third kappa shape index (κ3) is 4.39. The highest BCUT2D eigenvalue weighted by molar-refractivity contribution is 5.64. The first-order valence-electron chi connectivity index (χ1n) is 11.6. The normalized spacial score (nSPS) is 20.2. The SMILES string of the molecule is Fc1ccc(F)c([C@H]2CCCN2C2=COCC(n3cc(-c4cncc(OC5COC5)c4)cn3)=C2)c1. The van der Waals surface area contributed by atoms with E-state index in [-0.39, 0.29) is 12.1 Å². The molecule has 1 aromatic carbocycles. The summed E-state index contributed by atoms with van der Waals surface area (Å²) in [5, 5.41) is 4.52. The molecular formula is C26H24F2N4O3. The second kappa shape index (κ2) is 9.14. The van der Waals surface area contributed by atoms with Crippen LogP contribution in [0.4, 0.5) is 8.78 Å². The van der Waals surface area contributed by atoms with E-state index < -0.39 is 11.6 Å². The minimum Gasteiger partial charge on any atom is -0.493 e. The van der Waals surface area contributed by atoms with Crippen molar-refractivity contribution in [1.29, 1.82) is 0 Å². The highest BCUT2D eigenvalue weighted by Crippen LogP contribution is 2.38. The van der Waals surface area contributed by atoms with Gasteiger partial charge in [-0.25, -0.2) is 13.5 Å². The summed E-state index contributed by atoms with van der Waals surface area (Å²) in [6.45, 7) is 2.26. The molecule has 0 saturated carbocycles. The van der Waals surface area contributed by atoms with Crippen LogP contribution >= 0.6 is 0 Å². The Hall–Kier alpha value is -3.72. The fraction of sp³-hybridized carbons (Fsp3) is 0.308. The van der Waals surface area contributed by atoms with Crippen LogP contribution in [0, 0.1) is 11.6 Å². The number of hydrogen-bond acceptors (Lipinski definition) is 6. The van der Waals surface area contributed by atoms with E-state index in [0.29, 0.717) is 31.1 Å². The maximum absolute atomic E-state index is 14.5. The largest absolute Gasteiger partial charge is 0.493 e. The summed E-state index contributed by atoms with van der Waals surface area (Å²) in [5.41, 5.74) is 3.81. The van der Waals surface area contributed by atoms with Gasteiger partial charge in [0.1, 0.15) is 36.4 Å². The van der Waals surface area contributed by atoms with Crippen LogP contribution in [-0.4, -0.2) is 52.1 Å². The number of allylic oxidation sites excluding steroid dienone is 1. The van der Waals surface area contributed by atoms with Gasteiger partial charge in [0.2, 0.25) is 0 Å². The molecule has 1 atom stereocenters. The fourth-order valence-electron chi connectivity index (χ4n) is 4.66. The zero-order valence-corrected chi connectivity index (χ0v) is 18.9. The van der Waals surface area contributed by atoms with Gasteiger partial charge in [0, 0.05) is 35.6 Å². The molecule has 0 unspecified atom stereocenters. The number of halogens is 2. The fourth-order valence-corrected chi connectivity index (χ4v) is 4.66. The van der Waals surface area contributed by atoms with Crippen LogP contribution in [0.25, 0.3) is 16.8 Å². The van der Waals surface area contributed by atoms with Gasteiger partial charge in [-0.1, -0.05) is 0 Å². The van der Waals surface area contributed by atoms with Gasteiger partial charge in [-0.3, -0.25) is 4.98 Å². The smallest absolute Gasteiger partial charge is 0.145 e. The molecule has 0 spiro atoms. The number of nitrogens with zero attached hydrogens (tertiary/aromatic N) is 4. The van der Waals surface area contributed by atoms with Crippen LogP contribution in [-0.2, 0) is 9.47 Å². The topological polar surface area (TPSA) is 61.6 Å². The summed E-state index contributed by atoms with van der Waals surface area (Å²) in [6, 6.07) is 5.31. The summed E-state index contributed by atoms with van der Waals surface area (Å²) >= 11 is 0. The maximum Gasteiger partial charge on any atom is 0.145 e. The molecule has 180 valence electrons. The van der Waals surface area contributed by atoms with Crippen LogP contribution in [0.2, 0.25) is 0 Å². The van der Waals surface area contributed by atoms with Crippen LogP contribution in [0.15, 0.2) is 67.1 Å². The summed E-state index contributed by atoms with van der Waals surface area (Å²) in [4.78, 5) is 6.36. The van der Waals surface area contributed by atoms with Gasteiger partial charge in [-0.05, 0) is 43.2 Å². The Morgan fingerprint density at radius 2 is 1.97 bits per heavy atom. The van der Waals surface area contributed by atoms with Crippen molar-refractivity contribution in [2.45, 2.75) is 25.0 Å². The zero-order chi connectivity index (χ0) is 23.8. The lowest BCUT2D eigenvalue weighted by atomic mass is 10.0. The van der Waals surface area contributed by atoms with E-state index >= 15 is 0 Å². The lowest BCUT2D eigenvalue weighted by Gasteiger charge is -2.30. The van der Waals surface area contributed by atoms with E-state index in [9.17, 15) is 8.78 Å². The number of aromatic nitrogens is 3. The minimum absolute atomic E-state index is 0.0693. The maximum atomic E-state index is 14.5. The minimum atomic E-state index is -0.438. The molecule has 3 aliphatic rings. The van der Waals surface area contributed by atoms with E-state index in [1.165, 1.54) is 12.1 Å². The van der Waals surface area contributed by atoms with Crippen molar-refractivity contribution in [1.82, 2.24) is 19.7 Å². The molecule has 7 nitrogen and oxygen atoms in total. The van der Waals surface area contributed by atoms with Crippen molar-refractivity contribution in [3.8, 4) is 16.9 Å². The van der Waals surface area contributed by atoms with E-state index in [1.54, 1.807) is 29.5 Å². The average Bonchev–Trinajstić information content (AvgIpc) is 3.54. The van der Waals surface area contributed by atoms with Crippen molar-refractivity contribution in [3.63, 3.8) is 0 Å². The summed E-state index contributed by atoms with van der Waals surface area (Å²) in [5.74, 6) is -0.141. The number of rotatable bonds is 6. The van der Waals surface area contributed by atoms with E-state index in [2.05, 4.69) is 15.0 Å². The molecule has 3 aromatic rings. The molecule has 0 bridgehead atoms. The summed E-state index contributed by atoms with van der Waals surface area (Å²) in [7, 11) is 0. The van der Waals surface area contributed by atoms with Gasteiger partial charge >= 0.3 is 0 Å². The van der Waals surface area contributed by atoms with Gasteiger partial charge in [-0.15, -0.1) is 0 Å². The Bertz CT molecular complexity index is 1300. The molecular weight excluding hydrogens is 454 g/mol. The molecule has 0 amide bonds. The number of benzene rings is 1. The van der Waals surface area contributed by atoms with Crippen molar-refractivity contribution in [2.75, 3.05) is 26.4 Å². The Labute approximate surface area is 201 Å². The highest BCUT2D eigenvalue weighted by atomic mass is 19.1. The van der Waals surface area contributed by atoms with Gasteiger partial charge in [0.05, 0.1) is 43.0 Å². The number of ether oxygens (including phenoxy) is 3. The predicted octanol–water partition coefficient (Wildman–Crippen LogP) is 4.55. The first-order valence-corrected chi connectivity index (χ1v) is 11.6. The molecule has 5 heterocycles. The molecule has 0 N–H and O–H groups in total. The molecule has 0 aliphatic carbocycles. The van der Waals surface area contributed by atoms with Crippen molar-refractivity contribution in [3.05, 3.63) is 84.3 Å². The van der Waals surface area contributed by atoms with Crippen LogP contribution < -0.4 is 4.74 Å². The molecule has 2 saturated heterocycles. The second-order valence-electron chi connectivity index (χ2n) is 8.87. The molecule has 0 radical (unpaired) electrons. The van der Waals surface area contributed by atoms with Gasteiger partial charge in [0.25, 0.3) is 0 Å². The van der Waals surface area contributed by atoms with Gasteiger partial charge in [-0.2, -0.15) is 5.10 Å². The van der Waals surface area contributed by atoms with E-state index in [4.69, 9.17) is 14.2 Å². The summed E-state index contributed by atoms with van der Waals surface area (Å²) < 4.78 is 46.9. The Morgan fingerprint density at radius 1 is 1.06 bits per heavy atom. The molecule has 2 fully saturated rings. The second-order valence-corrected chi connectivity index (χ2v) is 8.87. The van der Waals surface area contributed by atoms with Crippen molar-refractivity contribution >= 4 is 5.70 Å². The lowest BCUT2D eigenvalue weighted by Crippen LogP contribution is -2.38.